The molecule has 4 rings (SSSR count). The summed E-state index contributed by atoms with van der Waals surface area (Å²) in [7, 11) is 0. The Morgan fingerprint density at radius 1 is 1.07 bits per heavy atom. The van der Waals surface area contributed by atoms with E-state index in [0.29, 0.717) is 6.54 Å². The second kappa shape index (κ2) is 8.53. The van der Waals surface area contributed by atoms with Gasteiger partial charge in [-0.15, -0.1) is 0 Å². The van der Waals surface area contributed by atoms with E-state index in [1.165, 1.54) is 12.8 Å². The quantitative estimate of drug-likeness (QED) is 0.814. The smallest absolute Gasteiger partial charge is 0.261 e. The first-order valence-electron chi connectivity index (χ1n) is 10.1. The van der Waals surface area contributed by atoms with Crippen molar-refractivity contribution in [2.24, 2.45) is 0 Å². The number of hydrogen-bond acceptors (Lipinski definition) is 4. The number of thioether (sulfide) groups is 1. The number of carbonyl (C=O) groups is 1. The van der Waals surface area contributed by atoms with Crippen molar-refractivity contribution in [3.8, 4) is 11.3 Å². The van der Waals surface area contributed by atoms with Crippen LogP contribution in [0.1, 0.15) is 36.0 Å². The number of H-pyrrole nitrogens is 1. The van der Waals surface area contributed by atoms with Gasteiger partial charge in [0.2, 0.25) is 0 Å². The molecule has 2 N–H and O–H groups in total. The van der Waals surface area contributed by atoms with E-state index in [2.05, 4.69) is 15.2 Å². The van der Waals surface area contributed by atoms with Crippen LogP contribution in [0, 0.1) is 0 Å². The van der Waals surface area contributed by atoms with Gasteiger partial charge in [-0.3, -0.25) is 14.5 Å². The Kier molecular flexibility index (Phi) is 5.87. The average molecular weight is 398 g/mol. The standard InChI is InChI=1S/C22H27N3O2S/c26-20(18-8-9-19(24-21(18)27)17-6-2-1-3-7-17)23-16-22(10-4-5-11-22)25-12-14-28-15-13-25/h1-3,6-9H,4-5,10-16H2,(H,23,26)(H,24,27). The summed E-state index contributed by atoms with van der Waals surface area (Å²) in [4.78, 5) is 30.7. The molecule has 0 bridgehead atoms. The highest BCUT2D eigenvalue weighted by Gasteiger charge is 2.40. The molecule has 148 valence electrons. The van der Waals surface area contributed by atoms with Crippen LogP contribution in [-0.2, 0) is 0 Å². The van der Waals surface area contributed by atoms with Gasteiger partial charge in [-0.25, -0.2) is 0 Å². The summed E-state index contributed by atoms with van der Waals surface area (Å²) >= 11 is 2.00. The van der Waals surface area contributed by atoms with Gasteiger partial charge in [0, 0.05) is 42.4 Å². The van der Waals surface area contributed by atoms with E-state index < -0.39 is 0 Å². The predicted octanol–water partition coefficient (Wildman–Crippen LogP) is 3.13. The van der Waals surface area contributed by atoms with Gasteiger partial charge in [0.15, 0.2) is 0 Å². The van der Waals surface area contributed by atoms with E-state index in [0.717, 1.165) is 48.7 Å². The number of pyridine rings is 1. The molecule has 28 heavy (non-hydrogen) atoms. The minimum atomic E-state index is -0.339. The highest BCUT2D eigenvalue weighted by atomic mass is 32.2. The maximum Gasteiger partial charge on any atom is 0.261 e. The molecular formula is C22H27N3O2S. The van der Waals surface area contributed by atoms with Gasteiger partial charge in [0.1, 0.15) is 5.56 Å². The summed E-state index contributed by atoms with van der Waals surface area (Å²) in [5, 5.41) is 3.07. The van der Waals surface area contributed by atoms with E-state index >= 15 is 0 Å². The average Bonchev–Trinajstić information content (AvgIpc) is 3.23. The molecule has 1 aliphatic carbocycles. The number of rotatable bonds is 5. The van der Waals surface area contributed by atoms with E-state index in [-0.39, 0.29) is 22.6 Å². The number of hydrogen-bond donors (Lipinski definition) is 2. The summed E-state index contributed by atoms with van der Waals surface area (Å²) in [5.74, 6) is 2.05. The number of carbonyl (C=O) groups excluding carboxylic acids is 1. The Hall–Kier alpha value is -2.05. The van der Waals surface area contributed by atoms with Crippen LogP contribution in [0.5, 0.6) is 0 Å². The summed E-state index contributed by atoms with van der Waals surface area (Å²) < 4.78 is 0. The highest BCUT2D eigenvalue weighted by Crippen LogP contribution is 2.36. The van der Waals surface area contributed by atoms with Crippen molar-refractivity contribution in [2.45, 2.75) is 31.2 Å². The number of nitrogens with one attached hydrogen (secondary N) is 2. The Labute approximate surface area is 169 Å². The third-order valence-electron chi connectivity index (χ3n) is 6.03. The lowest BCUT2D eigenvalue weighted by Crippen LogP contribution is -2.56. The maximum absolute atomic E-state index is 12.7. The van der Waals surface area contributed by atoms with E-state index in [1.54, 1.807) is 12.1 Å². The molecule has 1 saturated carbocycles. The number of nitrogens with zero attached hydrogens (tertiary/aromatic N) is 1. The Balaban J connectivity index is 1.46. The van der Waals surface area contributed by atoms with Gasteiger partial charge < -0.3 is 10.3 Å². The van der Waals surface area contributed by atoms with Crippen LogP contribution in [-0.4, -0.2) is 52.5 Å². The summed E-state index contributed by atoms with van der Waals surface area (Å²) in [6, 6.07) is 13.1. The number of amides is 1. The van der Waals surface area contributed by atoms with Gasteiger partial charge in [0.05, 0.1) is 0 Å². The third-order valence-corrected chi connectivity index (χ3v) is 6.98. The monoisotopic (exact) mass is 397 g/mol. The van der Waals surface area contributed by atoms with Gasteiger partial charge in [0.25, 0.3) is 11.5 Å². The van der Waals surface area contributed by atoms with Crippen molar-refractivity contribution >= 4 is 17.7 Å². The van der Waals surface area contributed by atoms with Crippen LogP contribution in [0.15, 0.2) is 47.3 Å². The molecule has 0 radical (unpaired) electrons. The van der Waals surface area contributed by atoms with E-state index in [9.17, 15) is 9.59 Å². The molecule has 2 heterocycles. The Morgan fingerprint density at radius 2 is 1.79 bits per heavy atom. The Morgan fingerprint density at radius 3 is 2.46 bits per heavy atom. The molecular weight excluding hydrogens is 370 g/mol. The molecule has 0 atom stereocenters. The fourth-order valence-corrected chi connectivity index (χ4v) is 5.36. The maximum atomic E-state index is 12.7. The first kappa shape index (κ1) is 19.3. The molecule has 1 amide bonds. The zero-order valence-corrected chi connectivity index (χ0v) is 16.9. The SMILES string of the molecule is O=C(NCC1(N2CCSCC2)CCCC1)c1ccc(-c2ccccc2)[nH]c1=O. The van der Waals surface area contributed by atoms with Crippen LogP contribution in [0.3, 0.4) is 0 Å². The van der Waals surface area contributed by atoms with Gasteiger partial charge in [-0.05, 0) is 30.5 Å². The molecule has 6 heteroatoms. The van der Waals surface area contributed by atoms with Crippen molar-refractivity contribution in [1.29, 1.82) is 0 Å². The molecule has 1 aliphatic heterocycles. The topological polar surface area (TPSA) is 65.2 Å². The molecule has 0 unspecified atom stereocenters. The van der Waals surface area contributed by atoms with Crippen LogP contribution in [0.25, 0.3) is 11.3 Å². The molecule has 2 aromatic rings. The van der Waals surface area contributed by atoms with Gasteiger partial charge in [-0.2, -0.15) is 11.8 Å². The van der Waals surface area contributed by atoms with Crippen molar-refractivity contribution in [3.05, 3.63) is 58.4 Å². The molecule has 0 spiro atoms. The Bertz CT molecular complexity index is 869. The zero-order valence-electron chi connectivity index (χ0n) is 16.1. The first-order chi connectivity index (χ1) is 13.7. The minimum absolute atomic E-state index is 0.0629. The molecule has 2 fully saturated rings. The molecule has 1 aromatic carbocycles. The second-order valence-corrected chi connectivity index (χ2v) is 8.92. The molecule has 2 aliphatic rings. The van der Waals surface area contributed by atoms with Crippen LogP contribution in [0.2, 0.25) is 0 Å². The summed E-state index contributed by atoms with van der Waals surface area (Å²) in [6.45, 7) is 2.80. The zero-order chi connectivity index (χ0) is 19.4. The molecule has 1 aromatic heterocycles. The van der Waals surface area contributed by atoms with Crippen molar-refractivity contribution in [2.75, 3.05) is 31.1 Å². The summed E-state index contributed by atoms with van der Waals surface area (Å²) in [5.41, 5.74) is 1.56. The minimum Gasteiger partial charge on any atom is -0.350 e. The van der Waals surface area contributed by atoms with E-state index in [4.69, 9.17) is 0 Å². The number of aromatic amines is 1. The van der Waals surface area contributed by atoms with Crippen molar-refractivity contribution in [3.63, 3.8) is 0 Å². The second-order valence-electron chi connectivity index (χ2n) is 7.69. The van der Waals surface area contributed by atoms with E-state index in [1.807, 2.05) is 42.1 Å². The van der Waals surface area contributed by atoms with Crippen LogP contribution >= 0.6 is 11.8 Å². The van der Waals surface area contributed by atoms with Crippen LogP contribution in [0.4, 0.5) is 0 Å². The van der Waals surface area contributed by atoms with Crippen molar-refractivity contribution in [1.82, 2.24) is 15.2 Å². The molecule has 5 nitrogen and oxygen atoms in total. The van der Waals surface area contributed by atoms with Gasteiger partial charge >= 0.3 is 0 Å². The summed E-state index contributed by atoms with van der Waals surface area (Å²) in [6.07, 6.45) is 4.68. The largest absolute Gasteiger partial charge is 0.350 e. The predicted molar refractivity (Wildman–Crippen MR) is 115 cm³/mol. The lowest BCUT2D eigenvalue weighted by atomic mass is 9.94. The van der Waals surface area contributed by atoms with Crippen LogP contribution < -0.4 is 10.9 Å². The highest BCUT2D eigenvalue weighted by molar-refractivity contribution is 7.99. The van der Waals surface area contributed by atoms with Crippen molar-refractivity contribution < 1.29 is 4.79 Å². The lowest BCUT2D eigenvalue weighted by molar-refractivity contribution is 0.0816. The fourth-order valence-electron chi connectivity index (χ4n) is 4.45. The number of aromatic nitrogens is 1. The number of benzene rings is 1. The fraction of sp³-hybridized carbons (Fsp3) is 0.455. The normalized spacial score (nSPS) is 19.4. The van der Waals surface area contributed by atoms with Gasteiger partial charge in [-0.1, -0.05) is 43.2 Å². The third kappa shape index (κ3) is 4.03. The lowest BCUT2D eigenvalue weighted by Gasteiger charge is -2.43. The first-order valence-corrected chi connectivity index (χ1v) is 11.2. The molecule has 1 saturated heterocycles.